The summed E-state index contributed by atoms with van der Waals surface area (Å²) in [6.07, 6.45) is 0.381. The van der Waals surface area contributed by atoms with E-state index in [1.807, 2.05) is 0 Å². The van der Waals surface area contributed by atoms with E-state index in [-0.39, 0.29) is 22.6 Å². The minimum atomic E-state index is -5.02. The van der Waals surface area contributed by atoms with Crippen molar-refractivity contribution in [2.45, 2.75) is 30.2 Å². The van der Waals surface area contributed by atoms with E-state index in [0.717, 1.165) is 12.1 Å². The Morgan fingerprint density at radius 1 is 1.09 bits per heavy atom. The summed E-state index contributed by atoms with van der Waals surface area (Å²) in [6.45, 7) is 2.21. The first-order valence-corrected chi connectivity index (χ1v) is 12.6. The molecule has 0 fully saturated rings. The minimum absolute atomic E-state index is 0.0448. The summed E-state index contributed by atoms with van der Waals surface area (Å²) in [5.41, 5.74) is -0.124. The van der Waals surface area contributed by atoms with Gasteiger partial charge in [-0.05, 0) is 37.6 Å². The van der Waals surface area contributed by atoms with Crippen LogP contribution in [-0.4, -0.2) is 47.0 Å². The molecule has 1 heterocycles. The SMILES string of the molecule is Cc1nc(N=Nc2ccc(S(=O)(=O)O)cc2S(=O)(=O)O)c(COP(=O)(O)O)c(C=O)c1C. The summed E-state index contributed by atoms with van der Waals surface area (Å²) in [5.74, 6) is -0.358. The second kappa shape index (κ2) is 9.21. The van der Waals surface area contributed by atoms with Crippen LogP contribution in [0.1, 0.15) is 27.2 Å². The lowest BCUT2D eigenvalue weighted by Gasteiger charge is -2.13. The maximum Gasteiger partial charge on any atom is 0.469 e. The van der Waals surface area contributed by atoms with E-state index in [4.69, 9.17) is 14.3 Å². The number of phosphoric acid groups is 1. The summed E-state index contributed by atoms with van der Waals surface area (Å²) in [4.78, 5) is 31.6. The van der Waals surface area contributed by atoms with Crippen LogP contribution in [-0.2, 0) is 35.9 Å². The molecule has 174 valence electrons. The Balaban J connectivity index is 2.69. The molecule has 1 aromatic heterocycles. The van der Waals surface area contributed by atoms with Crippen molar-refractivity contribution in [2.75, 3.05) is 0 Å². The van der Waals surface area contributed by atoms with Gasteiger partial charge in [0.05, 0.1) is 11.5 Å². The van der Waals surface area contributed by atoms with Gasteiger partial charge in [0.15, 0.2) is 12.1 Å². The molecule has 0 amide bonds. The number of carbonyl (C=O) groups is 1. The topological polar surface area (TPSA) is 230 Å². The summed E-state index contributed by atoms with van der Waals surface area (Å²) in [6, 6.07) is 2.06. The van der Waals surface area contributed by atoms with Crippen molar-refractivity contribution in [3.63, 3.8) is 0 Å². The Bertz CT molecular complexity index is 1370. The molecule has 32 heavy (non-hydrogen) atoms. The number of aromatic nitrogens is 1. The van der Waals surface area contributed by atoms with Crippen molar-refractivity contribution < 1.29 is 49.6 Å². The second-order valence-electron chi connectivity index (χ2n) is 6.20. The van der Waals surface area contributed by atoms with Gasteiger partial charge in [0, 0.05) is 16.8 Å². The van der Waals surface area contributed by atoms with Gasteiger partial charge in [-0.1, -0.05) is 0 Å². The van der Waals surface area contributed by atoms with Crippen molar-refractivity contribution >= 4 is 45.9 Å². The van der Waals surface area contributed by atoms with Crippen molar-refractivity contribution in [3.05, 3.63) is 40.6 Å². The normalized spacial score (nSPS) is 12.9. The number of azo groups is 1. The Kier molecular flexibility index (Phi) is 7.43. The fourth-order valence-corrected chi connectivity index (χ4v) is 3.96. The Labute approximate surface area is 181 Å². The molecule has 0 radical (unpaired) electrons. The number of benzene rings is 1. The van der Waals surface area contributed by atoms with Crippen LogP contribution < -0.4 is 0 Å². The molecular formula is C15H16N3O11PS2. The van der Waals surface area contributed by atoms with Crippen LogP contribution in [0.3, 0.4) is 0 Å². The molecule has 1 aromatic carbocycles. The zero-order valence-corrected chi connectivity index (χ0v) is 18.8. The van der Waals surface area contributed by atoms with Gasteiger partial charge in [0.1, 0.15) is 10.6 Å². The van der Waals surface area contributed by atoms with Gasteiger partial charge in [-0.15, -0.1) is 10.2 Å². The zero-order valence-electron chi connectivity index (χ0n) is 16.3. The summed E-state index contributed by atoms with van der Waals surface area (Å²) < 4.78 is 79.7. The van der Waals surface area contributed by atoms with Gasteiger partial charge < -0.3 is 9.79 Å². The fraction of sp³-hybridized carbons (Fsp3) is 0.200. The Morgan fingerprint density at radius 3 is 2.22 bits per heavy atom. The number of pyridine rings is 1. The van der Waals surface area contributed by atoms with Crippen LogP contribution >= 0.6 is 7.82 Å². The molecular weight excluding hydrogens is 493 g/mol. The van der Waals surface area contributed by atoms with Gasteiger partial charge in [-0.3, -0.25) is 18.4 Å². The lowest BCUT2D eigenvalue weighted by atomic mass is 10.0. The number of carbonyl (C=O) groups excluding carboxylic acids is 1. The highest BCUT2D eigenvalue weighted by molar-refractivity contribution is 7.86. The monoisotopic (exact) mass is 509 g/mol. The quantitative estimate of drug-likeness (QED) is 0.173. The first-order chi connectivity index (χ1) is 14.5. The maximum absolute atomic E-state index is 11.6. The number of aldehydes is 1. The highest BCUT2D eigenvalue weighted by Crippen LogP contribution is 2.39. The molecule has 0 aliphatic heterocycles. The van der Waals surface area contributed by atoms with E-state index in [9.17, 15) is 30.7 Å². The summed E-state index contributed by atoms with van der Waals surface area (Å²) >= 11 is 0. The van der Waals surface area contributed by atoms with Crippen molar-refractivity contribution in [2.24, 2.45) is 10.2 Å². The van der Waals surface area contributed by atoms with Gasteiger partial charge >= 0.3 is 7.82 Å². The van der Waals surface area contributed by atoms with Crippen molar-refractivity contribution in [1.29, 1.82) is 0 Å². The Morgan fingerprint density at radius 2 is 1.72 bits per heavy atom. The molecule has 0 aliphatic carbocycles. The predicted molar refractivity (Wildman–Crippen MR) is 106 cm³/mol. The maximum atomic E-state index is 11.6. The molecule has 0 unspecified atom stereocenters. The van der Waals surface area contributed by atoms with Crippen LogP contribution in [0.25, 0.3) is 0 Å². The molecule has 0 atom stereocenters. The van der Waals surface area contributed by atoms with Crippen LogP contribution in [0, 0.1) is 13.8 Å². The lowest BCUT2D eigenvalue weighted by molar-refractivity contribution is 0.111. The first-order valence-electron chi connectivity index (χ1n) is 8.20. The number of rotatable bonds is 8. The van der Waals surface area contributed by atoms with Crippen LogP contribution in [0.2, 0.25) is 0 Å². The van der Waals surface area contributed by atoms with Crippen molar-refractivity contribution in [3.8, 4) is 0 Å². The molecule has 17 heteroatoms. The number of aryl methyl sites for hydroxylation is 1. The molecule has 0 saturated heterocycles. The minimum Gasteiger partial charge on any atom is -0.303 e. The predicted octanol–water partition coefficient (Wildman–Crippen LogP) is 2.03. The van der Waals surface area contributed by atoms with Crippen molar-refractivity contribution in [1.82, 2.24) is 4.98 Å². The molecule has 0 spiro atoms. The summed E-state index contributed by atoms with van der Waals surface area (Å²) in [7, 11) is -14.8. The lowest BCUT2D eigenvalue weighted by Crippen LogP contribution is -2.04. The van der Waals surface area contributed by atoms with Gasteiger partial charge in [0.2, 0.25) is 0 Å². The molecule has 2 aromatic rings. The van der Waals surface area contributed by atoms with Gasteiger partial charge in [0.25, 0.3) is 20.2 Å². The standard InChI is InChI=1S/C15H16N3O11PS2/c1-8-9(2)16-15(12(11(8)6-19)7-29-30(20,21)22)18-17-13-4-3-10(31(23,24)25)5-14(13)32(26,27)28/h3-6H,7H2,1-2H3,(H2,20,21,22)(H,23,24,25)(H,26,27,28). The van der Waals surface area contributed by atoms with E-state index in [0.29, 0.717) is 17.9 Å². The van der Waals surface area contributed by atoms with Crippen LogP contribution in [0.5, 0.6) is 0 Å². The van der Waals surface area contributed by atoms with E-state index in [1.165, 1.54) is 13.8 Å². The largest absolute Gasteiger partial charge is 0.469 e. The first kappa shape index (κ1) is 25.8. The van der Waals surface area contributed by atoms with E-state index in [1.54, 1.807) is 0 Å². The number of phosphoric ester groups is 1. The van der Waals surface area contributed by atoms with E-state index >= 15 is 0 Å². The molecule has 4 N–H and O–H groups in total. The van der Waals surface area contributed by atoms with E-state index < -0.39 is 50.1 Å². The van der Waals surface area contributed by atoms with Crippen LogP contribution in [0.4, 0.5) is 11.5 Å². The molecule has 14 nitrogen and oxygen atoms in total. The highest BCUT2D eigenvalue weighted by atomic mass is 32.2. The average molecular weight is 509 g/mol. The average Bonchev–Trinajstić information content (AvgIpc) is 2.65. The third-order valence-corrected chi connectivity index (χ3v) is 6.27. The molecule has 0 aliphatic rings. The number of hydrogen-bond donors (Lipinski definition) is 4. The smallest absolute Gasteiger partial charge is 0.303 e. The van der Waals surface area contributed by atoms with Gasteiger partial charge in [-0.25, -0.2) is 9.55 Å². The molecule has 2 rings (SSSR count). The van der Waals surface area contributed by atoms with Gasteiger partial charge in [-0.2, -0.15) is 16.8 Å². The third-order valence-electron chi connectivity index (χ3n) is 4.07. The highest BCUT2D eigenvalue weighted by Gasteiger charge is 2.23. The molecule has 0 saturated carbocycles. The third kappa shape index (κ3) is 6.30. The number of hydrogen-bond acceptors (Lipinski definition) is 10. The number of nitrogens with zero attached hydrogens (tertiary/aromatic N) is 3. The van der Waals surface area contributed by atoms with E-state index in [2.05, 4.69) is 19.7 Å². The molecule has 0 bridgehead atoms. The van der Waals surface area contributed by atoms with Crippen LogP contribution in [0.15, 0.2) is 38.2 Å². The summed E-state index contributed by atoms with van der Waals surface area (Å²) in [5, 5.41) is 7.29. The second-order valence-corrected chi connectivity index (χ2v) is 10.3. The Hall–Kier alpha value is -2.43. The zero-order chi connectivity index (χ0) is 24.5. The fourth-order valence-electron chi connectivity index (χ4n) is 2.43.